The summed E-state index contributed by atoms with van der Waals surface area (Å²) in [6.45, 7) is 2.47. The predicted octanol–water partition coefficient (Wildman–Crippen LogP) is 4.74. The summed E-state index contributed by atoms with van der Waals surface area (Å²) in [5, 5.41) is 0.490. The van der Waals surface area contributed by atoms with Gasteiger partial charge in [0.05, 0.1) is 23.8 Å². The summed E-state index contributed by atoms with van der Waals surface area (Å²) >= 11 is 9.37. The second-order valence-corrected chi connectivity index (χ2v) is 5.54. The SMILES string of the molecule is CCOc1ccc(C(=O)c2cc(Cl)ccc2OC)cc1Br. The van der Waals surface area contributed by atoms with Crippen molar-refractivity contribution in [2.75, 3.05) is 13.7 Å². The van der Waals surface area contributed by atoms with Gasteiger partial charge in [0.15, 0.2) is 5.78 Å². The van der Waals surface area contributed by atoms with E-state index in [9.17, 15) is 4.79 Å². The lowest BCUT2D eigenvalue weighted by atomic mass is 10.0. The summed E-state index contributed by atoms with van der Waals surface area (Å²) in [4.78, 5) is 12.6. The largest absolute Gasteiger partial charge is 0.496 e. The quantitative estimate of drug-likeness (QED) is 0.714. The number of ketones is 1. The Labute approximate surface area is 137 Å². The van der Waals surface area contributed by atoms with E-state index in [0.29, 0.717) is 34.3 Å². The molecule has 0 atom stereocenters. The van der Waals surface area contributed by atoms with Crippen molar-refractivity contribution < 1.29 is 14.3 Å². The maximum absolute atomic E-state index is 12.6. The molecule has 0 aliphatic heterocycles. The molecule has 0 heterocycles. The zero-order valence-electron chi connectivity index (χ0n) is 11.7. The number of methoxy groups -OCH3 is 1. The summed E-state index contributed by atoms with van der Waals surface area (Å²) in [7, 11) is 1.52. The van der Waals surface area contributed by atoms with Gasteiger partial charge in [-0.25, -0.2) is 0 Å². The first-order valence-corrected chi connectivity index (χ1v) is 7.54. The van der Waals surface area contributed by atoms with Crippen molar-refractivity contribution in [3.8, 4) is 11.5 Å². The lowest BCUT2D eigenvalue weighted by Gasteiger charge is -2.10. The van der Waals surface area contributed by atoms with Crippen molar-refractivity contribution in [1.29, 1.82) is 0 Å². The number of hydrogen-bond donors (Lipinski definition) is 0. The second-order valence-electron chi connectivity index (χ2n) is 4.25. The van der Waals surface area contributed by atoms with E-state index in [1.165, 1.54) is 7.11 Å². The Hall–Kier alpha value is -1.52. The Morgan fingerprint density at radius 3 is 2.52 bits per heavy atom. The number of halogens is 2. The van der Waals surface area contributed by atoms with Crippen LogP contribution in [0.5, 0.6) is 11.5 Å². The summed E-state index contributed by atoms with van der Waals surface area (Å²) < 4.78 is 11.4. The molecule has 5 heteroatoms. The molecule has 110 valence electrons. The van der Waals surface area contributed by atoms with Crippen LogP contribution < -0.4 is 9.47 Å². The molecule has 0 saturated carbocycles. The number of ether oxygens (including phenoxy) is 2. The van der Waals surface area contributed by atoms with E-state index < -0.39 is 0 Å². The van der Waals surface area contributed by atoms with E-state index in [0.717, 1.165) is 4.47 Å². The third kappa shape index (κ3) is 3.57. The minimum atomic E-state index is -0.155. The molecular formula is C16H14BrClO3. The van der Waals surface area contributed by atoms with E-state index in [4.69, 9.17) is 21.1 Å². The number of rotatable bonds is 5. The number of benzene rings is 2. The zero-order valence-corrected chi connectivity index (χ0v) is 14.0. The summed E-state index contributed by atoms with van der Waals surface area (Å²) in [5.74, 6) is 1.04. The highest BCUT2D eigenvalue weighted by Gasteiger charge is 2.16. The standard InChI is InChI=1S/C16H14BrClO3/c1-3-21-15-6-4-10(8-13(15)17)16(19)12-9-11(18)5-7-14(12)20-2/h4-9H,3H2,1-2H3. The fraction of sp³-hybridized carbons (Fsp3) is 0.188. The summed E-state index contributed by atoms with van der Waals surface area (Å²) in [6.07, 6.45) is 0. The van der Waals surface area contributed by atoms with Gasteiger partial charge in [0.1, 0.15) is 11.5 Å². The van der Waals surface area contributed by atoms with E-state index in [-0.39, 0.29) is 5.78 Å². The van der Waals surface area contributed by atoms with Gasteiger partial charge in [-0.1, -0.05) is 11.6 Å². The van der Waals surface area contributed by atoms with Crippen LogP contribution in [0.1, 0.15) is 22.8 Å². The summed E-state index contributed by atoms with van der Waals surface area (Å²) in [5.41, 5.74) is 0.965. The number of hydrogen-bond acceptors (Lipinski definition) is 3. The molecule has 0 N–H and O–H groups in total. The molecule has 0 spiro atoms. The highest BCUT2D eigenvalue weighted by molar-refractivity contribution is 9.10. The topological polar surface area (TPSA) is 35.5 Å². The molecule has 2 aromatic carbocycles. The molecule has 3 nitrogen and oxygen atoms in total. The molecule has 2 rings (SSSR count). The Balaban J connectivity index is 2.40. The third-order valence-electron chi connectivity index (χ3n) is 2.90. The van der Waals surface area contributed by atoms with Crippen molar-refractivity contribution in [1.82, 2.24) is 0 Å². The number of carbonyl (C=O) groups is 1. The Bertz CT molecular complexity index is 671. The van der Waals surface area contributed by atoms with E-state index in [1.807, 2.05) is 6.92 Å². The number of carbonyl (C=O) groups excluding carboxylic acids is 1. The van der Waals surface area contributed by atoms with Crippen molar-refractivity contribution >= 4 is 33.3 Å². The summed E-state index contributed by atoms with van der Waals surface area (Å²) in [6, 6.07) is 10.2. The van der Waals surface area contributed by atoms with Gasteiger partial charge in [-0.2, -0.15) is 0 Å². The van der Waals surface area contributed by atoms with E-state index in [1.54, 1.807) is 36.4 Å². The first kappa shape index (κ1) is 15.9. The van der Waals surface area contributed by atoms with Crippen molar-refractivity contribution in [3.05, 3.63) is 57.0 Å². The predicted molar refractivity (Wildman–Crippen MR) is 86.7 cm³/mol. The van der Waals surface area contributed by atoms with Crippen LogP contribution >= 0.6 is 27.5 Å². The van der Waals surface area contributed by atoms with Crippen LogP contribution in [-0.4, -0.2) is 19.5 Å². The van der Waals surface area contributed by atoms with Crippen LogP contribution in [0.2, 0.25) is 5.02 Å². The first-order valence-electron chi connectivity index (χ1n) is 6.37. The van der Waals surface area contributed by atoms with Gasteiger partial charge in [0.2, 0.25) is 0 Å². The maximum Gasteiger partial charge on any atom is 0.196 e. The van der Waals surface area contributed by atoms with Gasteiger partial charge < -0.3 is 9.47 Å². The Morgan fingerprint density at radius 1 is 1.19 bits per heavy atom. The monoisotopic (exact) mass is 368 g/mol. The molecular weight excluding hydrogens is 356 g/mol. The van der Waals surface area contributed by atoms with E-state index >= 15 is 0 Å². The van der Waals surface area contributed by atoms with Gasteiger partial charge in [-0.05, 0) is 59.3 Å². The lowest BCUT2D eigenvalue weighted by Crippen LogP contribution is -2.04. The minimum absolute atomic E-state index is 0.155. The van der Waals surface area contributed by atoms with Crippen LogP contribution in [0.4, 0.5) is 0 Å². The molecule has 0 amide bonds. The van der Waals surface area contributed by atoms with E-state index in [2.05, 4.69) is 15.9 Å². The van der Waals surface area contributed by atoms with Crippen LogP contribution in [-0.2, 0) is 0 Å². The molecule has 21 heavy (non-hydrogen) atoms. The Morgan fingerprint density at radius 2 is 1.90 bits per heavy atom. The first-order chi connectivity index (χ1) is 10.1. The van der Waals surface area contributed by atoms with Crippen LogP contribution in [0, 0.1) is 0 Å². The van der Waals surface area contributed by atoms with Crippen LogP contribution in [0.3, 0.4) is 0 Å². The Kier molecular flexibility index (Phi) is 5.26. The molecule has 0 aliphatic rings. The third-order valence-corrected chi connectivity index (χ3v) is 3.75. The highest BCUT2D eigenvalue weighted by atomic mass is 79.9. The van der Waals surface area contributed by atoms with Gasteiger partial charge in [0.25, 0.3) is 0 Å². The molecule has 0 aromatic heterocycles. The van der Waals surface area contributed by atoms with Crippen molar-refractivity contribution in [2.24, 2.45) is 0 Å². The molecule has 0 radical (unpaired) electrons. The van der Waals surface area contributed by atoms with Gasteiger partial charge >= 0.3 is 0 Å². The average Bonchev–Trinajstić information content (AvgIpc) is 2.48. The lowest BCUT2D eigenvalue weighted by molar-refractivity contribution is 0.103. The second kappa shape index (κ2) is 6.96. The average molecular weight is 370 g/mol. The smallest absolute Gasteiger partial charge is 0.196 e. The zero-order chi connectivity index (χ0) is 15.4. The van der Waals surface area contributed by atoms with Crippen LogP contribution in [0.15, 0.2) is 40.9 Å². The fourth-order valence-corrected chi connectivity index (χ4v) is 2.59. The molecule has 0 bridgehead atoms. The van der Waals surface area contributed by atoms with Crippen molar-refractivity contribution in [3.63, 3.8) is 0 Å². The van der Waals surface area contributed by atoms with Gasteiger partial charge in [0, 0.05) is 10.6 Å². The van der Waals surface area contributed by atoms with Gasteiger partial charge in [-0.15, -0.1) is 0 Å². The molecule has 0 aliphatic carbocycles. The maximum atomic E-state index is 12.6. The minimum Gasteiger partial charge on any atom is -0.496 e. The molecule has 2 aromatic rings. The van der Waals surface area contributed by atoms with Gasteiger partial charge in [-0.3, -0.25) is 4.79 Å². The van der Waals surface area contributed by atoms with Crippen molar-refractivity contribution in [2.45, 2.75) is 6.92 Å². The highest BCUT2D eigenvalue weighted by Crippen LogP contribution is 2.29. The molecule has 0 saturated heterocycles. The molecule has 0 unspecified atom stereocenters. The fourth-order valence-electron chi connectivity index (χ4n) is 1.93. The normalized spacial score (nSPS) is 10.3. The van der Waals surface area contributed by atoms with Crippen LogP contribution in [0.25, 0.3) is 0 Å². The molecule has 0 fully saturated rings.